The number of hydrogen-bond acceptors (Lipinski definition) is 5. The van der Waals surface area contributed by atoms with Crippen LogP contribution >= 0.6 is 11.8 Å². The Morgan fingerprint density at radius 2 is 2.13 bits per heavy atom. The van der Waals surface area contributed by atoms with E-state index in [0.717, 1.165) is 23.0 Å². The van der Waals surface area contributed by atoms with Gasteiger partial charge in [-0.25, -0.2) is 4.98 Å². The van der Waals surface area contributed by atoms with Gasteiger partial charge in [-0.1, -0.05) is 11.8 Å². The van der Waals surface area contributed by atoms with Gasteiger partial charge in [-0.3, -0.25) is 19.1 Å². The first kappa shape index (κ1) is 15.6. The number of imide groups is 1. The highest BCUT2D eigenvalue weighted by atomic mass is 32.2. The van der Waals surface area contributed by atoms with Gasteiger partial charge in [0.1, 0.15) is 5.75 Å². The van der Waals surface area contributed by atoms with Gasteiger partial charge < -0.3 is 4.74 Å². The summed E-state index contributed by atoms with van der Waals surface area (Å²) in [6.45, 7) is 0.533. The monoisotopic (exact) mass is 331 g/mol. The molecule has 2 amide bonds. The quantitative estimate of drug-likeness (QED) is 0.785. The molecule has 0 N–H and O–H groups in total. The summed E-state index contributed by atoms with van der Waals surface area (Å²) in [4.78, 5) is 29.3. The van der Waals surface area contributed by atoms with Crippen molar-refractivity contribution in [3.8, 4) is 11.4 Å². The Morgan fingerprint density at radius 1 is 1.35 bits per heavy atom. The third-order valence-corrected chi connectivity index (χ3v) is 4.61. The van der Waals surface area contributed by atoms with Gasteiger partial charge in [0.15, 0.2) is 5.16 Å². The summed E-state index contributed by atoms with van der Waals surface area (Å²) < 4.78 is 7.06. The maximum atomic E-state index is 12.1. The van der Waals surface area contributed by atoms with E-state index < -0.39 is 0 Å². The molecule has 120 valence electrons. The molecule has 0 spiro atoms. The van der Waals surface area contributed by atoms with Crippen LogP contribution in [0, 0.1) is 0 Å². The van der Waals surface area contributed by atoms with Crippen molar-refractivity contribution in [1.29, 1.82) is 0 Å². The standard InChI is InChI=1S/C16H17N3O3S/c1-22-13-6-4-12(5-7-13)18-10-8-17-16(18)23-11-15(21)19-9-2-3-14(19)20/h4-8,10H,2-3,9,11H2,1H3. The minimum Gasteiger partial charge on any atom is -0.497 e. The molecule has 0 atom stereocenters. The molecule has 1 aliphatic rings. The lowest BCUT2D eigenvalue weighted by atomic mass is 10.3. The summed E-state index contributed by atoms with van der Waals surface area (Å²) in [5.41, 5.74) is 0.940. The number of carbonyl (C=O) groups excluding carboxylic acids is 2. The van der Waals surface area contributed by atoms with Gasteiger partial charge in [-0.2, -0.15) is 0 Å². The van der Waals surface area contributed by atoms with Crippen LogP contribution in [-0.2, 0) is 9.59 Å². The van der Waals surface area contributed by atoms with Crippen LogP contribution in [0.2, 0.25) is 0 Å². The Bertz CT molecular complexity index is 712. The van der Waals surface area contributed by atoms with E-state index in [1.807, 2.05) is 35.0 Å². The summed E-state index contributed by atoms with van der Waals surface area (Å²) in [5, 5.41) is 0.718. The average Bonchev–Trinajstić information content (AvgIpc) is 3.21. The molecule has 23 heavy (non-hydrogen) atoms. The summed E-state index contributed by atoms with van der Waals surface area (Å²) >= 11 is 1.33. The molecule has 1 aliphatic heterocycles. The lowest BCUT2D eigenvalue weighted by Gasteiger charge is -2.13. The van der Waals surface area contributed by atoms with Crippen molar-refractivity contribution in [3.05, 3.63) is 36.7 Å². The number of thioether (sulfide) groups is 1. The highest BCUT2D eigenvalue weighted by Gasteiger charge is 2.26. The fourth-order valence-electron chi connectivity index (χ4n) is 2.45. The molecule has 0 saturated carbocycles. The molecule has 2 aromatic rings. The van der Waals surface area contributed by atoms with Gasteiger partial charge in [0.2, 0.25) is 11.8 Å². The minimum absolute atomic E-state index is 0.0749. The lowest BCUT2D eigenvalue weighted by Crippen LogP contribution is -2.33. The second kappa shape index (κ2) is 6.87. The van der Waals surface area contributed by atoms with Gasteiger partial charge in [0, 0.05) is 31.0 Å². The molecular formula is C16H17N3O3S. The van der Waals surface area contributed by atoms with Gasteiger partial charge in [-0.15, -0.1) is 0 Å². The highest BCUT2D eigenvalue weighted by Crippen LogP contribution is 2.23. The highest BCUT2D eigenvalue weighted by molar-refractivity contribution is 7.99. The minimum atomic E-state index is -0.151. The average molecular weight is 331 g/mol. The Balaban J connectivity index is 1.68. The normalized spacial score (nSPS) is 14.3. The zero-order valence-electron chi connectivity index (χ0n) is 12.8. The topological polar surface area (TPSA) is 64.4 Å². The molecule has 1 fully saturated rings. The summed E-state index contributed by atoms with van der Waals surface area (Å²) in [6.07, 6.45) is 4.76. The molecule has 1 aromatic heterocycles. The van der Waals surface area contributed by atoms with Crippen LogP contribution in [0.4, 0.5) is 0 Å². The zero-order chi connectivity index (χ0) is 16.2. The SMILES string of the molecule is COc1ccc(-n2ccnc2SCC(=O)N2CCCC2=O)cc1. The molecule has 2 heterocycles. The Hall–Kier alpha value is -2.28. The van der Waals surface area contributed by atoms with E-state index in [2.05, 4.69) is 4.98 Å². The van der Waals surface area contributed by atoms with Crippen LogP contribution in [-0.4, -0.2) is 45.7 Å². The number of rotatable bonds is 5. The molecule has 1 aromatic carbocycles. The number of likely N-dealkylation sites (tertiary alicyclic amines) is 1. The Labute approximate surface area is 138 Å². The smallest absolute Gasteiger partial charge is 0.239 e. The first-order chi connectivity index (χ1) is 11.2. The number of nitrogens with zero attached hydrogens (tertiary/aromatic N) is 3. The van der Waals surface area contributed by atoms with Crippen molar-refractivity contribution >= 4 is 23.6 Å². The number of benzene rings is 1. The van der Waals surface area contributed by atoms with E-state index in [0.29, 0.717) is 13.0 Å². The molecule has 0 aliphatic carbocycles. The van der Waals surface area contributed by atoms with Crippen LogP contribution in [0.25, 0.3) is 5.69 Å². The van der Waals surface area contributed by atoms with Crippen molar-refractivity contribution in [3.63, 3.8) is 0 Å². The van der Waals surface area contributed by atoms with E-state index >= 15 is 0 Å². The van der Waals surface area contributed by atoms with Crippen LogP contribution in [0.15, 0.2) is 41.8 Å². The van der Waals surface area contributed by atoms with E-state index in [-0.39, 0.29) is 17.6 Å². The second-order valence-corrected chi connectivity index (χ2v) is 6.05. The molecule has 3 rings (SSSR count). The number of ether oxygens (including phenoxy) is 1. The number of imidazole rings is 1. The number of amides is 2. The van der Waals surface area contributed by atoms with Crippen molar-refractivity contribution in [2.45, 2.75) is 18.0 Å². The molecular weight excluding hydrogens is 314 g/mol. The van der Waals surface area contributed by atoms with Crippen LogP contribution in [0.1, 0.15) is 12.8 Å². The summed E-state index contributed by atoms with van der Waals surface area (Å²) in [7, 11) is 1.62. The largest absolute Gasteiger partial charge is 0.497 e. The van der Waals surface area contributed by atoms with Gasteiger partial charge in [0.05, 0.1) is 12.9 Å². The van der Waals surface area contributed by atoms with E-state index in [4.69, 9.17) is 4.74 Å². The molecule has 0 bridgehead atoms. The number of carbonyl (C=O) groups is 2. The van der Waals surface area contributed by atoms with Gasteiger partial charge in [0.25, 0.3) is 0 Å². The van der Waals surface area contributed by atoms with Crippen molar-refractivity contribution in [1.82, 2.24) is 14.5 Å². The van der Waals surface area contributed by atoms with Gasteiger partial charge in [-0.05, 0) is 30.7 Å². The molecule has 7 heteroatoms. The van der Waals surface area contributed by atoms with Crippen LogP contribution in [0.5, 0.6) is 5.75 Å². The Morgan fingerprint density at radius 3 is 2.78 bits per heavy atom. The first-order valence-corrected chi connectivity index (χ1v) is 8.31. The van der Waals surface area contributed by atoms with Crippen molar-refractivity contribution < 1.29 is 14.3 Å². The molecule has 0 radical (unpaired) electrons. The van der Waals surface area contributed by atoms with Crippen LogP contribution < -0.4 is 4.74 Å². The fourth-order valence-corrected chi connectivity index (χ4v) is 3.30. The van der Waals surface area contributed by atoms with Gasteiger partial charge >= 0.3 is 0 Å². The number of hydrogen-bond donors (Lipinski definition) is 0. The number of methoxy groups -OCH3 is 1. The maximum absolute atomic E-state index is 12.1. The lowest BCUT2D eigenvalue weighted by molar-refractivity contribution is -0.140. The summed E-state index contributed by atoms with van der Waals surface area (Å²) in [6, 6.07) is 7.60. The van der Waals surface area contributed by atoms with E-state index in [1.54, 1.807) is 13.3 Å². The summed E-state index contributed by atoms with van der Waals surface area (Å²) in [5.74, 6) is 0.764. The third-order valence-electron chi connectivity index (χ3n) is 3.66. The second-order valence-electron chi connectivity index (χ2n) is 5.11. The number of aromatic nitrogens is 2. The maximum Gasteiger partial charge on any atom is 0.239 e. The van der Waals surface area contributed by atoms with Crippen LogP contribution in [0.3, 0.4) is 0 Å². The molecule has 0 unspecified atom stereocenters. The molecule has 6 nitrogen and oxygen atoms in total. The predicted molar refractivity (Wildman–Crippen MR) is 86.8 cm³/mol. The van der Waals surface area contributed by atoms with Crippen molar-refractivity contribution in [2.75, 3.05) is 19.4 Å². The first-order valence-electron chi connectivity index (χ1n) is 7.33. The fraction of sp³-hybridized carbons (Fsp3) is 0.312. The van der Waals surface area contributed by atoms with E-state index in [1.165, 1.54) is 16.7 Å². The predicted octanol–water partition coefficient (Wildman–Crippen LogP) is 2.12. The van der Waals surface area contributed by atoms with E-state index in [9.17, 15) is 9.59 Å². The zero-order valence-corrected chi connectivity index (χ0v) is 13.6. The Kier molecular flexibility index (Phi) is 4.66. The molecule has 1 saturated heterocycles. The van der Waals surface area contributed by atoms with Crippen molar-refractivity contribution in [2.24, 2.45) is 0 Å². The third kappa shape index (κ3) is 3.39.